The number of rotatable bonds is 1. The van der Waals surface area contributed by atoms with Crippen molar-refractivity contribution in [3.05, 3.63) is 17.4 Å². The van der Waals surface area contributed by atoms with Crippen LogP contribution in [-0.4, -0.2) is 11.9 Å². The highest BCUT2D eigenvalue weighted by Gasteiger charge is 2.42. The summed E-state index contributed by atoms with van der Waals surface area (Å²) in [6, 6.07) is 1.23. The lowest BCUT2D eigenvalue weighted by molar-refractivity contribution is 0.167. The lowest BCUT2D eigenvalue weighted by Crippen LogP contribution is -2.44. The predicted molar refractivity (Wildman–Crippen MR) is 53.9 cm³/mol. The smallest absolute Gasteiger partial charge is 0.231 e. The molecule has 0 aromatic heterocycles. The van der Waals surface area contributed by atoms with Crippen LogP contribution in [0, 0.1) is 5.82 Å². The lowest BCUT2D eigenvalue weighted by Gasteiger charge is -2.39. The van der Waals surface area contributed by atoms with Crippen LogP contribution < -0.4 is 15.2 Å². The van der Waals surface area contributed by atoms with Crippen LogP contribution in [-0.2, 0) is 5.54 Å². The Kier molecular flexibility index (Phi) is 1.83. The number of phenols is 1. The van der Waals surface area contributed by atoms with E-state index in [1.54, 1.807) is 0 Å². The SMILES string of the molecule is NC1(c2c(F)c(O)cc3c2OCO3)CCC1. The maximum atomic E-state index is 13.9. The number of hydrogen-bond donors (Lipinski definition) is 2. The molecule has 16 heavy (non-hydrogen) atoms. The number of hydrogen-bond acceptors (Lipinski definition) is 4. The predicted octanol–water partition coefficient (Wildman–Crippen LogP) is 1.60. The number of halogens is 1. The molecule has 86 valence electrons. The van der Waals surface area contributed by atoms with Gasteiger partial charge in [0, 0.05) is 11.6 Å². The van der Waals surface area contributed by atoms with E-state index in [0.29, 0.717) is 24.3 Å². The lowest BCUT2D eigenvalue weighted by atomic mass is 9.72. The van der Waals surface area contributed by atoms with Crippen molar-refractivity contribution in [1.29, 1.82) is 0 Å². The molecule has 0 amide bonds. The van der Waals surface area contributed by atoms with Gasteiger partial charge in [0.15, 0.2) is 23.1 Å². The first-order chi connectivity index (χ1) is 7.62. The summed E-state index contributed by atoms with van der Waals surface area (Å²) < 4.78 is 24.3. The monoisotopic (exact) mass is 225 g/mol. The van der Waals surface area contributed by atoms with Crippen LogP contribution in [0.3, 0.4) is 0 Å². The average Bonchev–Trinajstić information content (AvgIpc) is 2.63. The van der Waals surface area contributed by atoms with Crippen molar-refractivity contribution < 1.29 is 19.0 Å². The molecule has 0 spiro atoms. The molecular weight excluding hydrogens is 213 g/mol. The Morgan fingerprint density at radius 3 is 2.75 bits per heavy atom. The van der Waals surface area contributed by atoms with Crippen molar-refractivity contribution in [2.45, 2.75) is 24.8 Å². The number of benzene rings is 1. The third-order valence-electron chi connectivity index (χ3n) is 3.32. The Bertz CT molecular complexity index is 457. The van der Waals surface area contributed by atoms with Gasteiger partial charge in [-0.3, -0.25) is 0 Å². The van der Waals surface area contributed by atoms with Crippen molar-refractivity contribution in [3.8, 4) is 17.2 Å². The van der Waals surface area contributed by atoms with Crippen molar-refractivity contribution in [2.24, 2.45) is 5.73 Å². The Balaban J connectivity index is 2.22. The summed E-state index contributed by atoms with van der Waals surface area (Å²) in [6.07, 6.45) is 2.35. The summed E-state index contributed by atoms with van der Waals surface area (Å²) in [5, 5.41) is 9.48. The molecule has 1 heterocycles. The normalized spacial score (nSPS) is 20.6. The topological polar surface area (TPSA) is 64.7 Å². The van der Waals surface area contributed by atoms with E-state index >= 15 is 0 Å². The molecule has 0 bridgehead atoms. The molecular formula is C11H12FNO3. The Hall–Kier alpha value is -1.49. The summed E-state index contributed by atoms with van der Waals surface area (Å²) >= 11 is 0. The fourth-order valence-electron chi connectivity index (χ4n) is 2.26. The highest BCUT2D eigenvalue weighted by molar-refractivity contribution is 5.56. The first-order valence-electron chi connectivity index (χ1n) is 5.22. The molecule has 1 aromatic carbocycles. The molecule has 3 N–H and O–H groups in total. The summed E-state index contributed by atoms with van der Waals surface area (Å²) in [4.78, 5) is 0. The third kappa shape index (κ3) is 1.12. The molecule has 0 unspecified atom stereocenters. The number of fused-ring (bicyclic) bond motifs is 1. The minimum Gasteiger partial charge on any atom is -0.505 e. The van der Waals surface area contributed by atoms with E-state index in [9.17, 15) is 9.50 Å². The van der Waals surface area contributed by atoms with Gasteiger partial charge < -0.3 is 20.3 Å². The fourth-order valence-corrected chi connectivity index (χ4v) is 2.26. The van der Waals surface area contributed by atoms with Gasteiger partial charge in [0.05, 0.1) is 5.56 Å². The van der Waals surface area contributed by atoms with Crippen molar-refractivity contribution in [2.75, 3.05) is 6.79 Å². The Morgan fingerprint density at radius 1 is 1.38 bits per heavy atom. The Morgan fingerprint density at radius 2 is 2.12 bits per heavy atom. The zero-order chi connectivity index (χ0) is 11.3. The quantitative estimate of drug-likeness (QED) is 0.761. The minimum atomic E-state index is -0.722. The van der Waals surface area contributed by atoms with E-state index in [2.05, 4.69) is 0 Å². The molecule has 0 atom stereocenters. The van der Waals surface area contributed by atoms with Gasteiger partial charge in [0.2, 0.25) is 6.79 Å². The molecule has 2 aliphatic rings. The Labute approximate surface area is 91.8 Å². The van der Waals surface area contributed by atoms with E-state index in [1.165, 1.54) is 6.07 Å². The van der Waals surface area contributed by atoms with Crippen LogP contribution in [0.4, 0.5) is 4.39 Å². The van der Waals surface area contributed by atoms with Crippen LogP contribution in [0.25, 0.3) is 0 Å². The highest BCUT2D eigenvalue weighted by atomic mass is 19.1. The van der Waals surface area contributed by atoms with E-state index in [0.717, 1.165) is 6.42 Å². The van der Waals surface area contributed by atoms with Crippen LogP contribution in [0.15, 0.2) is 6.07 Å². The number of nitrogens with two attached hydrogens (primary N) is 1. The summed E-state index contributed by atoms with van der Waals surface area (Å²) in [6.45, 7) is 0.0430. The van der Waals surface area contributed by atoms with Gasteiger partial charge in [-0.1, -0.05) is 0 Å². The molecule has 1 aromatic rings. The number of phenolic OH excluding ortho intramolecular Hbond substituents is 1. The first kappa shape index (κ1) is 9.72. The van der Waals surface area contributed by atoms with Gasteiger partial charge in [-0.2, -0.15) is 0 Å². The second kappa shape index (κ2) is 3.01. The average molecular weight is 225 g/mol. The number of ether oxygens (including phenoxy) is 2. The van der Waals surface area contributed by atoms with Crippen LogP contribution in [0.1, 0.15) is 24.8 Å². The molecule has 5 heteroatoms. The molecule has 0 radical (unpaired) electrons. The van der Waals surface area contributed by atoms with Crippen LogP contribution in [0.2, 0.25) is 0 Å². The van der Waals surface area contributed by atoms with Crippen LogP contribution in [0.5, 0.6) is 17.2 Å². The molecule has 0 saturated heterocycles. The molecule has 1 aliphatic heterocycles. The highest BCUT2D eigenvalue weighted by Crippen LogP contribution is 2.50. The molecule has 1 saturated carbocycles. The molecule has 1 aliphatic carbocycles. The maximum Gasteiger partial charge on any atom is 0.231 e. The minimum absolute atomic E-state index is 0.0430. The van der Waals surface area contributed by atoms with Gasteiger partial charge in [-0.25, -0.2) is 4.39 Å². The second-order valence-electron chi connectivity index (χ2n) is 4.33. The van der Waals surface area contributed by atoms with Gasteiger partial charge in [-0.05, 0) is 19.3 Å². The van der Waals surface area contributed by atoms with Crippen LogP contribution >= 0.6 is 0 Å². The largest absolute Gasteiger partial charge is 0.505 e. The van der Waals surface area contributed by atoms with Gasteiger partial charge in [0.1, 0.15) is 0 Å². The molecule has 4 nitrogen and oxygen atoms in total. The van der Waals surface area contributed by atoms with Gasteiger partial charge in [-0.15, -0.1) is 0 Å². The number of aromatic hydroxyl groups is 1. The third-order valence-corrected chi connectivity index (χ3v) is 3.32. The molecule has 1 fully saturated rings. The summed E-state index contributed by atoms with van der Waals surface area (Å²) in [7, 11) is 0. The van der Waals surface area contributed by atoms with Crippen molar-refractivity contribution in [1.82, 2.24) is 0 Å². The maximum absolute atomic E-state index is 13.9. The van der Waals surface area contributed by atoms with Crippen molar-refractivity contribution in [3.63, 3.8) is 0 Å². The van der Waals surface area contributed by atoms with E-state index in [-0.39, 0.29) is 12.4 Å². The first-order valence-corrected chi connectivity index (χ1v) is 5.22. The van der Waals surface area contributed by atoms with E-state index < -0.39 is 17.1 Å². The summed E-state index contributed by atoms with van der Waals surface area (Å²) in [5.74, 6) is -0.412. The van der Waals surface area contributed by atoms with E-state index in [1.807, 2.05) is 0 Å². The van der Waals surface area contributed by atoms with Gasteiger partial charge >= 0.3 is 0 Å². The zero-order valence-corrected chi connectivity index (χ0v) is 8.62. The fraction of sp³-hybridized carbons (Fsp3) is 0.455. The second-order valence-corrected chi connectivity index (χ2v) is 4.33. The van der Waals surface area contributed by atoms with E-state index in [4.69, 9.17) is 15.2 Å². The summed E-state index contributed by atoms with van der Waals surface area (Å²) in [5.41, 5.74) is 5.61. The molecule has 3 rings (SSSR count). The standard InChI is InChI=1S/C11H12FNO3/c12-9-6(14)4-7-10(16-5-15-7)8(9)11(13)2-1-3-11/h4,14H,1-3,5,13H2. The van der Waals surface area contributed by atoms with Gasteiger partial charge in [0.25, 0.3) is 0 Å². The zero-order valence-electron chi connectivity index (χ0n) is 8.62. The van der Waals surface area contributed by atoms with Crippen molar-refractivity contribution >= 4 is 0 Å².